The van der Waals surface area contributed by atoms with Crippen molar-refractivity contribution in [1.29, 1.82) is 0 Å². The molecule has 2 aliphatic rings. The van der Waals surface area contributed by atoms with Gasteiger partial charge in [-0.3, -0.25) is 0 Å². The highest BCUT2D eigenvalue weighted by Gasteiger charge is 2.35. The standard InChI is InChI=1S/C88H114O8/c1-81(2,3)65-33-49-25-51-35-66(82(4,5)6)37-53(74(51)90)27-55-39-68(84(10,11)12)41-57(76(55)92)29-59-43-70(86(16,17)18)45-61(78(59)94)31-63-47-72(88(22,23)24)48-64(80(63)96)32-62-46-71(87(19,20)21)44-60(79(62)95)30-58-42-69(85(13,14)15)40-56(77(58)93)28-54-38-67(83(7,8)9)36-52(75(54)91)26-50(34-65)73(49)89/h33-49,73,89-96H,25-32H2,1-24H3. The quantitative estimate of drug-likeness (QED) is 0.0745. The first-order valence-corrected chi connectivity index (χ1v) is 34.9. The van der Waals surface area contributed by atoms with Gasteiger partial charge in [0.15, 0.2) is 0 Å². The maximum absolute atomic E-state index is 12.9. The summed E-state index contributed by atoms with van der Waals surface area (Å²) in [4.78, 5) is 0. The molecule has 7 aromatic carbocycles. The predicted octanol–water partition coefficient (Wildman–Crippen LogP) is 20.2. The van der Waals surface area contributed by atoms with Crippen LogP contribution in [-0.2, 0) is 89.3 Å². The van der Waals surface area contributed by atoms with Gasteiger partial charge in [0.2, 0.25) is 0 Å². The Hall–Kier alpha value is -7.42. The van der Waals surface area contributed by atoms with E-state index in [-0.39, 0.29) is 129 Å². The first-order chi connectivity index (χ1) is 43.9. The monoisotopic (exact) mass is 1300 g/mol. The Bertz CT molecular complexity index is 4220. The van der Waals surface area contributed by atoms with Gasteiger partial charge in [0.1, 0.15) is 40.2 Å². The molecule has 9 rings (SSSR count). The average Bonchev–Trinajstić information content (AvgIpc) is 0.783. The molecule has 0 aliphatic heterocycles. The summed E-state index contributed by atoms with van der Waals surface area (Å²) in [6.45, 7) is 51.6. The smallest absolute Gasteiger partial charge is 0.122 e. The maximum Gasteiger partial charge on any atom is 0.122 e. The summed E-state index contributed by atoms with van der Waals surface area (Å²) in [5, 5.41) is 103. The summed E-state index contributed by atoms with van der Waals surface area (Å²) in [6.07, 6.45) is 4.94. The van der Waals surface area contributed by atoms with Gasteiger partial charge in [0.05, 0.1) is 6.10 Å². The number of benzene rings is 7. The van der Waals surface area contributed by atoms with Gasteiger partial charge in [-0.15, -0.1) is 0 Å². The van der Waals surface area contributed by atoms with E-state index in [4.69, 9.17) is 0 Å². The number of phenols is 7. The molecule has 0 saturated carbocycles. The van der Waals surface area contributed by atoms with E-state index >= 15 is 0 Å². The molecule has 2 unspecified atom stereocenters. The molecule has 0 aromatic heterocycles. The number of aliphatic hydroxyl groups is 1. The third-order valence-corrected chi connectivity index (χ3v) is 20.5. The molecule has 0 radical (unpaired) electrons. The third kappa shape index (κ3) is 15.8. The number of allylic oxidation sites excluding steroid dienone is 2. The zero-order chi connectivity index (χ0) is 71.4. The second-order valence-electron chi connectivity index (χ2n) is 36.9. The van der Waals surface area contributed by atoms with Gasteiger partial charge >= 0.3 is 0 Å². The molecular weight excluding hydrogens is 1180 g/mol. The van der Waals surface area contributed by atoms with E-state index in [9.17, 15) is 40.9 Å². The van der Waals surface area contributed by atoms with Gasteiger partial charge in [-0.25, -0.2) is 0 Å². The van der Waals surface area contributed by atoms with Crippen LogP contribution in [0.5, 0.6) is 40.2 Å². The summed E-state index contributed by atoms with van der Waals surface area (Å²) >= 11 is 0. The van der Waals surface area contributed by atoms with Crippen molar-refractivity contribution in [2.24, 2.45) is 11.3 Å². The molecular formula is C88H114O8. The molecule has 16 bridgehead atoms. The molecule has 0 saturated heterocycles. The second kappa shape index (κ2) is 25.5. The van der Waals surface area contributed by atoms with Gasteiger partial charge in [0, 0.05) is 44.4 Å². The van der Waals surface area contributed by atoms with Crippen molar-refractivity contribution in [2.45, 2.75) is 262 Å². The Morgan fingerprint density at radius 3 is 0.583 bits per heavy atom. The number of hydrogen-bond acceptors (Lipinski definition) is 8. The summed E-state index contributed by atoms with van der Waals surface area (Å²) in [5.74, 6) is 0.114. The normalized spacial score (nSPS) is 16.7. The van der Waals surface area contributed by atoms with Crippen LogP contribution in [0.3, 0.4) is 0 Å². The highest BCUT2D eigenvalue weighted by Crippen LogP contribution is 2.47. The summed E-state index contributed by atoms with van der Waals surface area (Å²) < 4.78 is 0. The minimum absolute atomic E-state index is 0.0738. The zero-order valence-corrected chi connectivity index (χ0v) is 62.6. The van der Waals surface area contributed by atoms with Crippen LogP contribution < -0.4 is 0 Å². The van der Waals surface area contributed by atoms with Crippen LogP contribution in [0.2, 0.25) is 0 Å². The Balaban J connectivity index is 1.32. The Morgan fingerprint density at radius 2 is 0.406 bits per heavy atom. The van der Waals surface area contributed by atoms with E-state index in [1.54, 1.807) is 0 Å². The van der Waals surface area contributed by atoms with Gasteiger partial charge in [-0.2, -0.15) is 0 Å². The van der Waals surface area contributed by atoms with E-state index in [0.29, 0.717) is 84.3 Å². The van der Waals surface area contributed by atoms with Crippen molar-refractivity contribution in [1.82, 2.24) is 0 Å². The van der Waals surface area contributed by atoms with Crippen LogP contribution in [0.1, 0.15) is 283 Å². The number of fused-ring (bicyclic) bond motifs is 16. The van der Waals surface area contributed by atoms with Crippen LogP contribution in [0, 0.1) is 11.3 Å². The molecule has 8 nitrogen and oxygen atoms in total. The Morgan fingerprint density at radius 1 is 0.240 bits per heavy atom. The van der Waals surface area contributed by atoms with Gasteiger partial charge in [-0.1, -0.05) is 263 Å². The fraction of sp³-hybridized carbons (Fsp3) is 0.477. The Labute approximate surface area is 576 Å². The first-order valence-electron chi connectivity index (χ1n) is 34.9. The number of aliphatic hydroxyl groups excluding tert-OH is 1. The highest BCUT2D eigenvalue weighted by atomic mass is 16.3. The summed E-state index contributed by atoms with van der Waals surface area (Å²) in [5.41, 5.74) is 14.8. The Kier molecular flexibility index (Phi) is 19.3. The molecule has 0 spiro atoms. The fourth-order valence-corrected chi connectivity index (χ4v) is 13.7. The van der Waals surface area contributed by atoms with Gasteiger partial charge in [-0.05, 0) is 184 Å². The maximum atomic E-state index is 12.9. The number of rotatable bonds is 0. The van der Waals surface area contributed by atoms with E-state index in [0.717, 1.165) is 50.1 Å². The SMILES string of the molecule is CC(C)(C)C1=CC2Cc3cc(C(C)(C)C)cc(c3O)Cc3cc(C(C)(C)C)cc(c3O)Cc3cc(C(C)(C)C)cc(c3O)Cc3cc(C(C)(C)C)cc(c3O)Cc3cc(C(C)(C)C)cc(c3O)Cc3cc(C(C)(C)C)cc(c3O)Cc3cc(C(C)(C)C)cc(c3O)CC(=C1)C2O. The minimum atomic E-state index is -0.990. The van der Waals surface area contributed by atoms with Gasteiger partial charge in [0.25, 0.3) is 0 Å². The van der Waals surface area contributed by atoms with Crippen molar-refractivity contribution in [2.75, 3.05) is 0 Å². The van der Waals surface area contributed by atoms with E-state index in [2.05, 4.69) is 203 Å². The first kappa shape index (κ1) is 72.8. The molecule has 0 amide bonds. The van der Waals surface area contributed by atoms with Crippen molar-refractivity contribution in [3.8, 4) is 40.2 Å². The molecule has 2 aliphatic carbocycles. The third-order valence-electron chi connectivity index (χ3n) is 20.5. The molecule has 96 heavy (non-hydrogen) atoms. The fourth-order valence-electron chi connectivity index (χ4n) is 13.7. The number of phenolic OH excluding ortho intramolecular Hbond substituents is 7. The molecule has 0 heterocycles. The van der Waals surface area contributed by atoms with Crippen molar-refractivity contribution >= 4 is 0 Å². The molecule has 0 fully saturated rings. The lowest BCUT2D eigenvalue weighted by Crippen LogP contribution is -2.30. The van der Waals surface area contributed by atoms with Gasteiger partial charge < -0.3 is 40.9 Å². The van der Waals surface area contributed by atoms with Crippen LogP contribution in [0.4, 0.5) is 0 Å². The van der Waals surface area contributed by atoms with Crippen LogP contribution >= 0.6 is 0 Å². The van der Waals surface area contributed by atoms with Crippen LogP contribution in [0.15, 0.2) is 108 Å². The lowest BCUT2D eigenvalue weighted by atomic mass is 9.74. The van der Waals surface area contributed by atoms with E-state index in [1.165, 1.54) is 0 Å². The molecule has 514 valence electrons. The summed E-state index contributed by atoms with van der Waals surface area (Å²) in [6, 6.07) is 28.7. The number of hydrogen-bond donors (Lipinski definition) is 8. The lowest BCUT2D eigenvalue weighted by Gasteiger charge is -2.33. The largest absolute Gasteiger partial charge is 0.507 e. The lowest BCUT2D eigenvalue weighted by molar-refractivity contribution is 0.157. The number of aromatic hydroxyl groups is 7. The van der Waals surface area contributed by atoms with E-state index in [1.807, 2.05) is 60.7 Å². The molecule has 7 aromatic rings. The molecule has 8 N–H and O–H groups in total. The van der Waals surface area contributed by atoms with E-state index < -0.39 is 12.0 Å². The van der Waals surface area contributed by atoms with Crippen LogP contribution in [-0.4, -0.2) is 47.0 Å². The van der Waals surface area contributed by atoms with Crippen molar-refractivity contribution < 1.29 is 40.9 Å². The second-order valence-corrected chi connectivity index (χ2v) is 36.9. The predicted molar refractivity (Wildman–Crippen MR) is 397 cm³/mol. The summed E-state index contributed by atoms with van der Waals surface area (Å²) in [7, 11) is 0. The average molecular weight is 1300 g/mol. The van der Waals surface area contributed by atoms with Crippen molar-refractivity contribution in [3.05, 3.63) is 225 Å². The molecule has 2 atom stereocenters. The highest BCUT2D eigenvalue weighted by molar-refractivity contribution is 5.61. The molecule has 8 heteroatoms. The topological polar surface area (TPSA) is 162 Å². The van der Waals surface area contributed by atoms with Crippen LogP contribution in [0.25, 0.3) is 0 Å². The minimum Gasteiger partial charge on any atom is -0.507 e. The van der Waals surface area contributed by atoms with Crippen molar-refractivity contribution in [3.63, 3.8) is 0 Å². The zero-order valence-electron chi connectivity index (χ0n) is 62.6.